The molecule has 0 saturated carbocycles. The zero-order valence-electron chi connectivity index (χ0n) is 11.8. The van der Waals surface area contributed by atoms with Crippen LogP contribution in [0.25, 0.3) is 0 Å². The first-order valence-corrected chi connectivity index (χ1v) is 8.05. The lowest BCUT2D eigenvalue weighted by molar-refractivity contribution is -0.136. The Morgan fingerprint density at radius 3 is 2.43 bits per heavy atom. The van der Waals surface area contributed by atoms with Crippen molar-refractivity contribution in [3.05, 3.63) is 23.2 Å². The summed E-state index contributed by atoms with van der Waals surface area (Å²) in [6.45, 7) is 3.95. The summed E-state index contributed by atoms with van der Waals surface area (Å²) in [5, 5.41) is 0.587. The Hall–Kier alpha value is -1.40. The van der Waals surface area contributed by atoms with Gasteiger partial charge in [0.2, 0.25) is 11.8 Å². The monoisotopic (exact) mass is 327 g/mol. The summed E-state index contributed by atoms with van der Waals surface area (Å²) in [5.74, 6) is 0.467. The highest BCUT2D eigenvalue weighted by Gasteiger charge is 2.22. The number of thioether (sulfide) groups is 1. The number of anilines is 1. The molecule has 5 nitrogen and oxygen atoms in total. The number of hydrogen-bond acceptors (Lipinski definition) is 4. The zero-order chi connectivity index (χ0) is 15.4. The number of benzene rings is 1. The number of amides is 2. The quantitative estimate of drug-likeness (QED) is 0.678. The van der Waals surface area contributed by atoms with Gasteiger partial charge in [-0.3, -0.25) is 9.59 Å². The second-order valence-electron chi connectivity index (χ2n) is 4.86. The average Bonchev–Trinajstić information content (AvgIpc) is 2.46. The SMILES string of the molecule is CC(=O)N1CCN(C(=O)CSc2ccc(Cl)cc2N)CC1. The first-order valence-electron chi connectivity index (χ1n) is 6.68. The van der Waals surface area contributed by atoms with Gasteiger partial charge in [-0.05, 0) is 18.2 Å². The van der Waals surface area contributed by atoms with Gasteiger partial charge >= 0.3 is 0 Å². The Kier molecular flexibility index (Phi) is 5.36. The molecule has 1 aliphatic rings. The molecular weight excluding hydrogens is 310 g/mol. The molecule has 0 unspecified atom stereocenters. The molecule has 0 radical (unpaired) electrons. The van der Waals surface area contributed by atoms with Gasteiger partial charge in [0.1, 0.15) is 0 Å². The predicted molar refractivity (Wildman–Crippen MR) is 85.4 cm³/mol. The van der Waals surface area contributed by atoms with E-state index in [4.69, 9.17) is 17.3 Å². The van der Waals surface area contributed by atoms with Gasteiger partial charge in [0.05, 0.1) is 5.75 Å². The molecule has 0 bridgehead atoms. The van der Waals surface area contributed by atoms with E-state index in [0.29, 0.717) is 42.6 Å². The van der Waals surface area contributed by atoms with Crippen LogP contribution in [0, 0.1) is 0 Å². The first kappa shape index (κ1) is 16.0. The minimum atomic E-state index is 0.0606. The fourth-order valence-electron chi connectivity index (χ4n) is 2.15. The van der Waals surface area contributed by atoms with Crippen molar-refractivity contribution in [1.82, 2.24) is 9.80 Å². The Balaban J connectivity index is 1.84. The number of nitrogens with two attached hydrogens (primary N) is 1. The third kappa shape index (κ3) is 4.28. The third-order valence-electron chi connectivity index (χ3n) is 3.40. The highest BCUT2D eigenvalue weighted by atomic mass is 35.5. The molecule has 1 saturated heterocycles. The van der Waals surface area contributed by atoms with Gasteiger partial charge in [-0.25, -0.2) is 0 Å². The van der Waals surface area contributed by atoms with E-state index in [2.05, 4.69) is 0 Å². The van der Waals surface area contributed by atoms with Gasteiger partial charge in [0.15, 0.2) is 0 Å². The molecule has 114 valence electrons. The number of hydrogen-bond donors (Lipinski definition) is 1. The molecule has 1 heterocycles. The molecule has 2 N–H and O–H groups in total. The summed E-state index contributed by atoms with van der Waals surface area (Å²) in [4.78, 5) is 27.8. The maximum absolute atomic E-state index is 12.2. The lowest BCUT2D eigenvalue weighted by Crippen LogP contribution is -2.50. The molecule has 2 amide bonds. The van der Waals surface area contributed by atoms with Gasteiger partial charge < -0.3 is 15.5 Å². The van der Waals surface area contributed by atoms with Gasteiger partial charge in [-0.15, -0.1) is 11.8 Å². The topological polar surface area (TPSA) is 66.6 Å². The van der Waals surface area contributed by atoms with Crippen LogP contribution >= 0.6 is 23.4 Å². The number of carbonyl (C=O) groups excluding carboxylic acids is 2. The van der Waals surface area contributed by atoms with Crippen LogP contribution in [0.15, 0.2) is 23.1 Å². The van der Waals surface area contributed by atoms with Crippen molar-refractivity contribution in [3.63, 3.8) is 0 Å². The largest absolute Gasteiger partial charge is 0.398 e. The smallest absolute Gasteiger partial charge is 0.233 e. The Morgan fingerprint density at radius 1 is 1.24 bits per heavy atom. The Labute approximate surface area is 133 Å². The second kappa shape index (κ2) is 7.04. The normalized spacial score (nSPS) is 15.1. The third-order valence-corrected chi connectivity index (χ3v) is 4.71. The van der Waals surface area contributed by atoms with Crippen molar-refractivity contribution in [2.24, 2.45) is 0 Å². The van der Waals surface area contributed by atoms with Gasteiger partial charge in [-0.1, -0.05) is 11.6 Å². The standard InChI is InChI=1S/C14H18ClN3O2S/c1-10(19)17-4-6-18(7-5-17)14(20)9-21-13-3-2-11(15)8-12(13)16/h2-3,8H,4-7,9,16H2,1H3. The second-order valence-corrected chi connectivity index (χ2v) is 6.31. The van der Waals surface area contributed by atoms with Crippen LogP contribution in [0.2, 0.25) is 5.02 Å². The van der Waals surface area contributed by atoms with E-state index in [1.807, 2.05) is 6.07 Å². The molecule has 0 aliphatic carbocycles. The summed E-state index contributed by atoms with van der Waals surface area (Å²) in [7, 11) is 0. The van der Waals surface area contributed by atoms with Crippen LogP contribution in [0.3, 0.4) is 0 Å². The van der Waals surface area contributed by atoms with Gasteiger partial charge in [-0.2, -0.15) is 0 Å². The number of rotatable bonds is 3. The highest BCUT2D eigenvalue weighted by Crippen LogP contribution is 2.27. The first-order chi connectivity index (χ1) is 9.97. The molecule has 0 spiro atoms. The minimum absolute atomic E-state index is 0.0606. The minimum Gasteiger partial charge on any atom is -0.398 e. The molecule has 21 heavy (non-hydrogen) atoms. The van der Waals surface area contributed by atoms with E-state index in [0.717, 1.165) is 4.90 Å². The fourth-order valence-corrected chi connectivity index (χ4v) is 3.18. The molecule has 1 fully saturated rings. The van der Waals surface area contributed by atoms with Crippen molar-refractivity contribution >= 4 is 40.9 Å². The summed E-state index contributed by atoms with van der Waals surface area (Å²) in [5.41, 5.74) is 6.45. The number of carbonyl (C=O) groups is 2. The number of halogens is 1. The molecule has 0 atom stereocenters. The molecule has 1 aromatic carbocycles. The summed E-state index contributed by atoms with van der Waals surface area (Å²) in [6.07, 6.45) is 0. The maximum atomic E-state index is 12.2. The van der Waals surface area contributed by atoms with E-state index in [9.17, 15) is 9.59 Å². The van der Waals surface area contributed by atoms with Crippen molar-refractivity contribution in [2.75, 3.05) is 37.7 Å². The van der Waals surface area contributed by atoms with Crippen LogP contribution in [0.4, 0.5) is 5.69 Å². The van der Waals surface area contributed by atoms with Crippen LogP contribution in [-0.4, -0.2) is 53.5 Å². The van der Waals surface area contributed by atoms with Crippen LogP contribution < -0.4 is 5.73 Å². The lowest BCUT2D eigenvalue weighted by Gasteiger charge is -2.34. The van der Waals surface area contributed by atoms with E-state index < -0.39 is 0 Å². The summed E-state index contributed by atoms with van der Waals surface area (Å²) < 4.78 is 0. The molecule has 2 rings (SSSR count). The number of piperazine rings is 1. The molecule has 1 aromatic rings. The Morgan fingerprint density at radius 2 is 1.86 bits per heavy atom. The van der Waals surface area contributed by atoms with Crippen molar-refractivity contribution < 1.29 is 9.59 Å². The predicted octanol–water partition coefficient (Wildman–Crippen LogP) is 1.70. The van der Waals surface area contributed by atoms with Gasteiger partial charge in [0, 0.05) is 48.7 Å². The van der Waals surface area contributed by atoms with Crippen LogP contribution in [-0.2, 0) is 9.59 Å². The molecule has 7 heteroatoms. The van der Waals surface area contributed by atoms with Crippen molar-refractivity contribution in [3.8, 4) is 0 Å². The van der Waals surface area contributed by atoms with Gasteiger partial charge in [0.25, 0.3) is 0 Å². The van der Waals surface area contributed by atoms with Crippen molar-refractivity contribution in [1.29, 1.82) is 0 Å². The Bertz CT molecular complexity index is 545. The maximum Gasteiger partial charge on any atom is 0.233 e. The van der Waals surface area contributed by atoms with E-state index >= 15 is 0 Å². The summed E-state index contributed by atoms with van der Waals surface area (Å²) >= 11 is 7.25. The lowest BCUT2D eigenvalue weighted by atomic mass is 10.3. The highest BCUT2D eigenvalue weighted by molar-refractivity contribution is 8.00. The van der Waals surface area contributed by atoms with Crippen LogP contribution in [0.5, 0.6) is 0 Å². The summed E-state index contributed by atoms with van der Waals surface area (Å²) in [6, 6.07) is 5.26. The number of nitrogen functional groups attached to an aromatic ring is 1. The average molecular weight is 328 g/mol. The fraction of sp³-hybridized carbons (Fsp3) is 0.429. The number of nitrogens with zero attached hydrogens (tertiary/aromatic N) is 2. The molecular formula is C14H18ClN3O2S. The molecule has 0 aromatic heterocycles. The molecule has 1 aliphatic heterocycles. The van der Waals surface area contributed by atoms with E-state index in [1.54, 1.807) is 28.9 Å². The van der Waals surface area contributed by atoms with E-state index in [1.165, 1.54) is 11.8 Å². The van der Waals surface area contributed by atoms with E-state index in [-0.39, 0.29) is 11.8 Å². The van der Waals surface area contributed by atoms with Crippen LogP contribution in [0.1, 0.15) is 6.92 Å². The van der Waals surface area contributed by atoms with Crippen molar-refractivity contribution in [2.45, 2.75) is 11.8 Å². The zero-order valence-corrected chi connectivity index (χ0v) is 13.4.